The molecule has 4 rings (SSSR count). The van der Waals surface area contributed by atoms with Gasteiger partial charge in [-0.1, -0.05) is 11.8 Å². The molecule has 1 aromatic carbocycles. The van der Waals surface area contributed by atoms with E-state index in [0.29, 0.717) is 23.0 Å². The second kappa shape index (κ2) is 5.10. The lowest BCUT2D eigenvalue weighted by atomic mass is 10.2. The number of thioether (sulfide) groups is 1. The number of benzene rings is 1. The number of halogens is 1. The minimum Gasteiger partial charge on any atom is -0.468 e. The smallest absolute Gasteiger partial charge is 0.250 e. The Kier molecular flexibility index (Phi) is 3.07. The van der Waals surface area contributed by atoms with Crippen LogP contribution >= 0.6 is 11.8 Å². The van der Waals surface area contributed by atoms with Gasteiger partial charge in [0.1, 0.15) is 11.6 Å². The van der Waals surface area contributed by atoms with Gasteiger partial charge in [-0.3, -0.25) is 4.79 Å². The second-order valence-corrected chi connectivity index (χ2v) is 6.03. The van der Waals surface area contributed by atoms with Crippen molar-refractivity contribution >= 4 is 17.7 Å². The SMILES string of the molecule is O=C1CC(c2ccco2)Sc2nc(-c3ccc(F)cc3)nn21. The summed E-state index contributed by atoms with van der Waals surface area (Å²) >= 11 is 1.44. The summed E-state index contributed by atoms with van der Waals surface area (Å²) in [6, 6.07) is 9.51. The van der Waals surface area contributed by atoms with Gasteiger partial charge in [-0.15, -0.1) is 5.10 Å². The molecule has 0 N–H and O–H groups in total. The first-order valence-corrected chi connectivity index (χ1v) is 7.55. The standard InChI is InChI=1S/C15H10FN3O2S/c16-10-5-3-9(4-6-10)14-17-15-19(18-14)13(20)8-12(22-15)11-2-1-7-21-11/h1-7,12H,8H2. The minimum absolute atomic E-state index is 0.0970. The maximum atomic E-state index is 13.0. The van der Waals surface area contributed by atoms with E-state index in [4.69, 9.17) is 4.42 Å². The van der Waals surface area contributed by atoms with Gasteiger partial charge in [-0.2, -0.15) is 4.68 Å². The van der Waals surface area contributed by atoms with E-state index >= 15 is 0 Å². The maximum Gasteiger partial charge on any atom is 0.250 e. The zero-order valence-corrected chi connectivity index (χ0v) is 12.1. The minimum atomic E-state index is -0.323. The number of nitrogens with zero attached hydrogens (tertiary/aromatic N) is 3. The summed E-state index contributed by atoms with van der Waals surface area (Å²) in [5, 5.41) is 4.66. The Hall–Kier alpha value is -2.41. The number of hydrogen-bond donors (Lipinski definition) is 0. The molecule has 1 atom stereocenters. The van der Waals surface area contributed by atoms with Gasteiger partial charge in [0.15, 0.2) is 11.0 Å². The fourth-order valence-electron chi connectivity index (χ4n) is 2.30. The Bertz CT molecular complexity index is 827. The monoisotopic (exact) mass is 315 g/mol. The highest BCUT2D eigenvalue weighted by molar-refractivity contribution is 7.99. The van der Waals surface area contributed by atoms with Gasteiger partial charge in [-0.25, -0.2) is 9.37 Å². The first-order valence-electron chi connectivity index (χ1n) is 6.67. The Balaban J connectivity index is 1.69. The van der Waals surface area contributed by atoms with Crippen molar-refractivity contribution in [1.82, 2.24) is 14.8 Å². The highest BCUT2D eigenvalue weighted by atomic mass is 32.2. The second-order valence-electron chi connectivity index (χ2n) is 4.86. The molecule has 1 unspecified atom stereocenters. The van der Waals surface area contributed by atoms with Gasteiger partial charge in [0, 0.05) is 12.0 Å². The number of carbonyl (C=O) groups excluding carboxylic acids is 1. The molecule has 22 heavy (non-hydrogen) atoms. The highest BCUT2D eigenvalue weighted by Crippen LogP contribution is 2.41. The molecule has 3 heterocycles. The highest BCUT2D eigenvalue weighted by Gasteiger charge is 2.31. The third-order valence-corrected chi connectivity index (χ3v) is 4.54. The Morgan fingerprint density at radius 3 is 2.82 bits per heavy atom. The van der Waals surface area contributed by atoms with Gasteiger partial charge in [0.2, 0.25) is 0 Å². The predicted molar refractivity (Wildman–Crippen MR) is 78.0 cm³/mol. The summed E-state index contributed by atoms with van der Waals surface area (Å²) in [6.07, 6.45) is 1.89. The number of aromatic nitrogens is 3. The summed E-state index contributed by atoms with van der Waals surface area (Å²) in [5.41, 5.74) is 0.672. The number of furan rings is 1. The lowest BCUT2D eigenvalue weighted by molar-refractivity contribution is 0.0865. The lowest BCUT2D eigenvalue weighted by Gasteiger charge is -2.17. The number of hydrogen-bond acceptors (Lipinski definition) is 5. The van der Waals surface area contributed by atoms with Crippen molar-refractivity contribution < 1.29 is 13.6 Å². The molecular formula is C15H10FN3O2S. The van der Waals surface area contributed by atoms with E-state index in [1.165, 1.54) is 28.6 Å². The molecule has 0 bridgehead atoms. The zero-order valence-electron chi connectivity index (χ0n) is 11.3. The quantitative estimate of drug-likeness (QED) is 0.723. The van der Waals surface area contributed by atoms with E-state index in [1.807, 2.05) is 6.07 Å². The summed E-state index contributed by atoms with van der Waals surface area (Å²) in [6.45, 7) is 0. The normalized spacial score (nSPS) is 17.5. The van der Waals surface area contributed by atoms with Crippen LogP contribution in [0.4, 0.5) is 4.39 Å². The topological polar surface area (TPSA) is 60.9 Å². The van der Waals surface area contributed by atoms with E-state index in [1.54, 1.807) is 24.5 Å². The van der Waals surface area contributed by atoms with Gasteiger partial charge in [0.25, 0.3) is 5.91 Å². The van der Waals surface area contributed by atoms with Crippen LogP contribution in [0.3, 0.4) is 0 Å². The molecule has 2 aromatic heterocycles. The van der Waals surface area contributed by atoms with Crippen LogP contribution in [-0.2, 0) is 0 Å². The lowest BCUT2D eigenvalue weighted by Crippen LogP contribution is -2.20. The van der Waals surface area contributed by atoms with Crippen LogP contribution in [0, 0.1) is 5.82 Å². The van der Waals surface area contributed by atoms with E-state index in [-0.39, 0.29) is 17.0 Å². The average molecular weight is 315 g/mol. The van der Waals surface area contributed by atoms with E-state index in [0.717, 1.165) is 5.76 Å². The Morgan fingerprint density at radius 1 is 1.27 bits per heavy atom. The van der Waals surface area contributed by atoms with Crippen molar-refractivity contribution in [3.8, 4) is 11.4 Å². The molecule has 110 valence electrons. The fraction of sp³-hybridized carbons (Fsp3) is 0.133. The molecule has 0 saturated carbocycles. The van der Waals surface area contributed by atoms with E-state index in [9.17, 15) is 9.18 Å². The third-order valence-electron chi connectivity index (χ3n) is 3.38. The molecule has 7 heteroatoms. The molecule has 1 aliphatic rings. The van der Waals surface area contributed by atoms with Crippen LogP contribution in [0.1, 0.15) is 22.2 Å². The summed E-state index contributed by atoms with van der Waals surface area (Å²) in [7, 11) is 0. The van der Waals surface area contributed by atoms with Crippen molar-refractivity contribution in [2.75, 3.05) is 0 Å². The molecule has 0 spiro atoms. The van der Waals surface area contributed by atoms with Crippen molar-refractivity contribution in [2.45, 2.75) is 16.8 Å². The molecular weight excluding hydrogens is 305 g/mol. The molecule has 0 aliphatic carbocycles. The molecule has 0 saturated heterocycles. The van der Waals surface area contributed by atoms with Crippen molar-refractivity contribution in [3.05, 3.63) is 54.2 Å². The fourth-order valence-corrected chi connectivity index (χ4v) is 3.42. The van der Waals surface area contributed by atoms with Gasteiger partial charge in [0.05, 0.1) is 11.5 Å². The summed E-state index contributed by atoms with van der Waals surface area (Å²) in [4.78, 5) is 16.6. The first kappa shape index (κ1) is 13.3. The first-order chi connectivity index (χ1) is 10.7. The van der Waals surface area contributed by atoms with Crippen LogP contribution < -0.4 is 0 Å². The average Bonchev–Trinajstić information content (AvgIpc) is 3.17. The van der Waals surface area contributed by atoms with Crippen LogP contribution in [0.15, 0.2) is 52.2 Å². The van der Waals surface area contributed by atoms with Crippen molar-refractivity contribution in [2.24, 2.45) is 0 Å². The number of carbonyl (C=O) groups is 1. The number of rotatable bonds is 2. The zero-order chi connectivity index (χ0) is 15.1. The molecule has 5 nitrogen and oxygen atoms in total. The van der Waals surface area contributed by atoms with E-state index < -0.39 is 0 Å². The Labute approximate surface area is 129 Å². The largest absolute Gasteiger partial charge is 0.468 e. The van der Waals surface area contributed by atoms with Crippen molar-refractivity contribution in [3.63, 3.8) is 0 Å². The third kappa shape index (κ3) is 2.23. The van der Waals surface area contributed by atoms with Crippen molar-refractivity contribution in [1.29, 1.82) is 0 Å². The van der Waals surface area contributed by atoms with Gasteiger partial charge >= 0.3 is 0 Å². The van der Waals surface area contributed by atoms with Crippen LogP contribution in [-0.4, -0.2) is 20.7 Å². The summed E-state index contributed by atoms with van der Waals surface area (Å²) in [5.74, 6) is 0.707. The maximum absolute atomic E-state index is 13.0. The predicted octanol–water partition coefficient (Wildman–Crippen LogP) is 3.55. The molecule has 1 aliphatic heterocycles. The van der Waals surface area contributed by atoms with E-state index in [2.05, 4.69) is 10.1 Å². The Morgan fingerprint density at radius 2 is 2.09 bits per heavy atom. The van der Waals surface area contributed by atoms with Gasteiger partial charge < -0.3 is 4.42 Å². The summed E-state index contributed by atoms with van der Waals surface area (Å²) < 4.78 is 19.7. The van der Waals surface area contributed by atoms with Crippen LogP contribution in [0.2, 0.25) is 0 Å². The van der Waals surface area contributed by atoms with Crippen LogP contribution in [0.25, 0.3) is 11.4 Å². The molecule has 0 amide bonds. The number of fused-ring (bicyclic) bond motifs is 1. The van der Waals surface area contributed by atoms with Crippen LogP contribution in [0.5, 0.6) is 0 Å². The molecule has 0 fully saturated rings. The molecule has 3 aromatic rings. The van der Waals surface area contributed by atoms with Gasteiger partial charge in [-0.05, 0) is 36.4 Å². The molecule has 0 radical (unpaired) electrons.